The smallest absolute Gasteiger partial charge is 0.335 e. The molecule has 3 aliphatic rings. The predicted molar refractivity (Wildman–Crippen MR) is 119 cm³/mol. The predicted octanol–water partition coefficient (Wildman–Crippen LogP) is 2.42. The summed E-state index contributed by atoms with van der Waals surface area (Å²) in [6, 6.07) is 0. The van der Waals surface area contributed by atoms with E-state index >= 15 is 0 Å². The van der Waals surface area contributed by atoms with Crippen LogP contribution in [0.25, 0.3) is 0 Å². The van der Waals surface area contributed by atoms with E-state index in [0.29, 0.717) is 19.1 Å². The summed E-state index contributed by atoms with van der Waals surface area (Å²) in [4.78, 5) is 37.4. The summed E-state index contributed by atoms with van der Waals surface area (Å²) in [5.74, 6) is -3.07. The second-order valence-electron chi connectivity index (χ2n) is 10.5. The molecule has 0 radical (unpaired) electrons. The van der Waals surface area contributed by atoms with Crippen molar-refractivity contribution in [3.05, 3.63) is 11.6 Å². The van der Waals surface area contributed by atoms with Crippen LogP contribution in [0.2, 0.25) is 0 Å². The molecule has 1 saturated heterocycles. The number of hydrogen-bond acceptors (Lipinski definition) is 8. The van der Waals surface area contributed by atoms with Crippen LogP contribution in [0, 0.1) is 22.7 Å². The number of hydrogen-bond donors (Lipinski definition) is 3. The molecular formula is C25H38O8. The molecular weight excluding hydrogens is 428 g/mol. The molecule has 2 unspecified atom stereocenters. The van der Waals surface area contributed by atoms with Gasteiger partial charge in [-0.1, -0.05) is 65.4 Å². The molecule has 0 bridgehead atoms. The Morgan fingerprint density at radius 3 is 2.58 bits per heavy atom. The van der Waals surface area contributed by atoms with Crippen molar-refractivity contribution in [1.82, 2.24) is 0 Å². The molecule has 33 heavy (non-hydrogen) atoms. The van der Waals surface area contributed by atoms with Gasteiger partial charge >= 0.3 is 11.9 Å². The fourth-order valence-electron chi connectivity index (χ4n) is 6.27. The number of aldehydes is 1. The van der Waals surface area contributed by atoms with Gasteiger partial charge in [-0.25, -0.2) is 4.79 Å². The van der Waals surface area contributed by atoms with Crippen molar-refractivity contribution in [3.63, 3.8) is 0 Å². The van der Waals surface area contributed by atoms with Crippen LogP contribution >= 0.6 is 0 Å². The van der Waals surface area contributed by atoms with Gasteiger partial charge in [-0.15, -0.1) is 0 Å². The number of carbonyl (C=O) groups is 3. The zero-order valence-corrected chi connectivity index (χ0v) is 19.9. The molecule has 1 saturated carbocycles. The van der Waals surface area contributed by atoms with Crippen LogP contribution in [0.4, 0.5) is 0 Å². The first kappa shape index (κ1) is 25.8. The minimum atomic E-state index is -1.60. The Hall–Kier alpha value is -1.77. The number of aliphatic hydroxyl groups excluding tert-OH is 3. The Bertz CT molecular complexity index is 774. The summed E-state index contributed by atoms with van der Waals surface area (Å²) in [5.41, 5.74) is -1.96. The molecule has 7 atom stereocenters. The van der Waals surface area contributed by atoms with Crippen LogP contribution in [0.3, 0.4) is 0 Å². The van der Waals surface area contributed by atoms with E-state index in [1.807, 2.05) is 13.8 Å². The van der Waals surface area contributed by atoms with Gasteiger partial charge in [0.05, 0.1) is 5.92 Å². The van der Waals surface area contributed by atoms with Crippen LogP contribution in [0.5, 0.6) is 0 Å². The van der Waals surface area contributed by atoms with Crippen LogP contribution < -0.4 is 0 Å². The van der Waals surface area contributed by atoms with Crippen LogP contribution in [-0.4, -0.2) is 58.1 Å². The van der Waals surface area contributed by atoms with Crippen molar-refractivity contribution in [3.8, 4) is 0 Å². The Balaban J connectivity index is 1.75. The van der Waals surface area contributed by atoms with Gasteiger partial charge in [0.2, 0.25) is 6.29 Å². The van der Waals surface area contributed by atoms with E-state index in [-0.39, 0.29) is 18.4 Å². The molecule has 3 rings (SSSR count). The van der Waals surface area contributed by atoms with Crippen molar-refractivity contribution in [2.75, 3.05) is 0 Å². The normalized spacial score (nSPS) is 35.6. The van der Waals surface area contributed by atoms with Crippen molar-refractivity contribution in [2.45, 2.75) is 103 Å². The highest BCUT2D eigenvalue weighted by atomic mass is 16.6. The molecule has 2 aliphatic carbocycles. The first-order valence-electron chi connectivity index (χ1n) is 12.2. The van der Waals surface area contributed by atoms with Crippen molar-refractivity contribution >= 4 is 18.2 Å². The monoisotopic (exact) mass is 466 g/mol. The zero-order chi connectivity index (χ0) is 24.4. The minimum Gasteiger partial charge on any atom is -0.458 e. The summed E-state index contributed by atoms with van der Waals surface area (Å²) in [6.07, 6.45) is 3.86. The van der Waals surface area contributed by atoms with Gasteiger partial charge in [-0.2, -0.15) is 0 Å². The summed E-state index contributed by atoms with van der Waals surface area (Å²) < 4.78 is 10.7. The molecule has 1 heterocycles. The van der Waals surface area contributed by atoms with E-state index in [0.717, 1.165) is 25.7 Å². The molecule has 1 spiro atoms. The average molecular weight is 467 g/mol. The molecule has 8 heteroatoms. The maximum Gasteiger partial charge on any atom is 0.335 e. The third-order valence-corrected chi connectivity index (χ3v) is 7.93. The summed E-state index contributed by atoms with van der Waals surface area (Å²) in [5, 5.41) is 32.1. The number of cyclic esters (lactones) is 1. The fraction of sp³-hybridized carbons (Fsp3) is 0.800. The van der Waals surface area contributed by atoms with Gasteiger partial charge < -0.3 is 24.8 Å². The van der Waals surface area contributed by atoms with E-state index < -0.39 is 59.2 Å². The highest BCUT2D eigenvalue weighted by molar-refractivity contribution is 5.87. The topological polar surface area (TPSA) is 130 Å². The molecule has 0 aromatic rings. The summed E-state index contributed by atoms with van der Waals surface area (Å²) >= 11 is 0. The van der Waals surface area contributed by atoms with Gasteiger partial charge in [0.1, 0.15) is 23.9 Å². The highest BCUT2D eigenvalue weighted by Crippen LogP contribution is 2.63. The van der Waals surface area contributed by atoms with Gasteiger partial charge in [-0.3, -0.25) is 9.59 Å². The Kier molecular flexibility index (Phi) is 8.02. The first-order chi connectivity index (χ1) is 15.6. The number of aliphatic hydroxyl groups is 3. The van der Waals surface area contributed by atoms with E-state index in [1.54, 1.807) is 6.08 Å². The molecule has 186 valence electrons. The summed E-state index contributed by atoms with van der Waals surface area (Å²) in [7, 11) is 0. The number of rotatable bonds is 10. The highest BCUT2D eigenvalue weighted by Gasteiger charge is 2.73. The molecule has 0 aromatic carbocycles. The van der Waals surface area contributed by atoms with Gasteiger partial charge in [0.15, 0.2) is 6.10 Å². The second kappa shape index (κ2) is 10.2. The first-order valence-corrected chi connectivity index (χ1v) is 12.2. The lowest BCUT2D eigenvalue weighted by molar-refractivity contribution is -0.211. The second-order valence-corrected chi connectivity index (χ2v) is 10.5. The number of ether oxygens (including phenoxy) is 2. The van der Waals surface area contributed by atoms with Crippen molar-refractivity contribution in [2.24, 2.45) is 22.7 Å². The average Bonchev–Trinajstić information content (AvgIpc) is 3.04. The lowest BCUT2D eigenvalue weighted by Gasteiger charge is -2.56. The minimum absolute atomic E-state index is 0.203. The van der Waals surface area contributed by atoms with Gasteiger partial charge in [0, 0.05) is 0 Å². The molecule has 3 N–H and O–H groups in total. The Morgan fingerprint density at radius 1 is 1.24 bits per heavy atom. The van der Waals surface area contributed by atoms with Crippen LogP contribution in [0.1, 0.15) is 78.6 Å². The summed E-state index contributed by atoms with van der Waals surface area (Å²) in [6.45, 7) is 5.96. The molecule has 2 fully saturated rings. The van der Waals surface area contributed by atoms with E-state index in [2.05, 4.69) is 6.92 Å². The SMILES string of the molecule is CCCCCCCCC(O)C(=O)O[C@H]1CC(C)(C)[C@@H]2CC=C(C=O)C3[C@@H](O)OC(=O)[C@@]32[C@H]1O. The van der Waals surface area contributed by atoms with E-state index in [4.69, 9.17) is 9.47 Å². The van der Waals surface area contributed by atoms with Crippen molar-refractivity contribution < 1.29 is 39.2 Å². The van der Waals surface area contributed by atoms with Crippen molar-refractivity contribution in [1.29, 1.82) is 0 Å². The quantitative estimate of drug-likeness (QED) is 0.254. The van der Waals surface area contributed by atoms with Crippen LogP contribution in [0.15, 0.2) is 11.6 Å². The maximum atomic E-state index is 13.1. The Labute approximate surface area is 195 Å². The molecule has 0 aromatic heterocycles. The van der Waals surface area contributed by atoms with E-state index in [1.165, 1.54) is 6.42 Å². The lowest BCUT2D eigenvalue weighted by Crippen LogP contribution is -2.65. The zero-order valence-electron chi connectivity index (χ0n) is 19.9. The number of carbonyl (C=O) groups excluding carboxylic acids is 3. The van der Waals surface area contributed by atoms with E-state index in [9.17, 15) is 29.7 Å². The largest absolute Gasteiger partial charge is 0.458 e. The maximum absolute atomic E-state index is 13.1. The number of esters is 2. The van der Waals surface area contributed by atoms with Gasteiger partial charge in [0.25, 0.3) is 0 Å². The van der Waals surface area contributed by atoms with Crippen LogP contribution in [-0.2, 0) is 23.9 Å². The molecule has 0 amide bonds. The fourth-order valence-corrected chi connectivity index (χ4v) is 6.27. The number of unbranched alkanes of at least 4 members (excludes halogenated alkanes) is 5. The number of allylic oxidation sites excluding steroid dienone is 1. The molecule has 8 nitrogen and oxygen atoms in total. The van der Waals surface area contributed by atoms with Gasteiger partial charge in [-0.05, 0) is 36.2 Å². The Morgan fingerprint density at radius 2 is 1.91 bits per heavy atom. The third kappa shape index (κ3) is 4.62. The third-order valence-electron chi connectivity index (χ3n) is 7.93. The lowest BCUT2D eigenvalue weighted by atomic mass is 9.46. The molecule has 1 aliphatic heterocycles. The standard InChI is InChI=1S/C25H38O8/c1-4-5-6-7-8-9-10-16(27)21(29)32-17-13-24(2,3)18-12-11-15(14-26)19-22(30)33-23(31)25(18,19)20(17)28/h11,14,16-20,22,27-28,30H,4-10,12-13H2,1-3H3/t16?,17-,18-,19?,20-,22-,25+/m0/s1.